The Morgan fingerprint density at radius 1 is 0.966 bits per heavy atom. The maximum absolute atomic E-state index is 12.2. The molecular formula is C19H14F3N3O4. The van der Waals surface area contributed by atoms with Crippen LogP contribution in [0.25, 0.3) is 0 Å². The highest BCUT2D eigenvalue weighted by Gasteiger charge is 2.31. The van der Waals surface area contributed by atoms with Crippen LogP contribution in [0.5, 0.6) is 11.5 Å². The molecule has 0 saturated heterocycles. The zero-order chi connectivity index (χ0) is 21.0. The summed E-state index contributed by atoms with van der Waals surface area (Å²) in [6.45, 7) is 0. The lowest BCUT2D eigenvalue weighted by Gasteiger charge is -2.09. The van der Waals surface area contributed by atoms with Gasteiger partial charge in [0, 0.05) is 18.9 Å². The van der Waals surface area contributed by atoms with Crippen molar-refractivity contribution in [1.82, 2.24) is 9.78 Å². The van der Waals surface area contributed by atoms with Crippen molar-refractivity contribution in [1.29, 1.82) is 0 Å². The highest BCUT2D eigenvalue weighted by Crippen LogP contribution is 2.23. The molecule has 1 heterocycles. The summed E-state index contributed by atoms with van der Waals surface area (Å²) >= 11 is 0. The van der Waals surface area contributed by atoms with Crippen molar-refractivity contribution in [3.63, 3.8) is 0 Å². The summed E-state index contributed by atoms with van der Waals surface area (Å²) in [7, 11) is 1.69. The number of alkyl halides is 3. The molecule has 0 bridgehead atoms. The number of aryl methyl sites for hydroxylation is 1. The molecule has 0 aliphatic rings. The van der Waals surface area contributed by atoms with Crippen molar-refractivity contribution >= 4 is 17.6 Å². The first-order valence-corrected chi connectivity index (χ1v) is 8.18. The molecule has 1 N–H and O–H groups in total. The average Bonchev–Trinajstić information content (AvgIpc) is 3.09. The summed E-state index contributed by atoms with van der Waals surface area (Å²) in [5.74, 6) is -1.34. The maximum Gasteiger partial charge on any atom is 0.573 e. The average molecular weight is 405 g/mol. The van der Waals surface area contributed by atoms with Gasteiger partial charge in [0.05, 0.1) is 17.3 Å². The number of anilines is 1. The first-order chi connectivity index (χ1) is 13.7. The topological polar surface area (TPSA) is 82.5 Å². The number of aromatic nitrogens is 2. The first kappa shape index (κ1) is 19.9. The van der Waals surface area contributed by atoms with E-state index >= 15 is 0 Å². The SMILES string of the molecule is Cn1cc(C(=O)Nc2ccc(OC(=O)c3ccc(OC(F)(F)F)cc3)cc2)cn1. The molecule has 1 amide bonds. The molecule has 0 radical (unpaired) electrons. The molecule has 0 atom stereocenters. The summed E-state index contributed by atoms with van der Waals surface area (Å²) in [6, 6.07) is 10.4. The minimum Gasteiger partial charge on any atom is -0.423 e. The van der Waals surface area contributed by atoms with E-state index in [9.17, 15) is 22.8 Å². The Balaban J connectivity index is 1.59. The Morgan fingerprint density at radius 3 is 2.14 bits per heavy atom. The number of carbonyl (C=O) groups excluding carboxylic acids is 2. The summed E-state index contributed by atoms with van der Waals surface area (Å²) in [5, 5.41) is 6.58. The second kappa shape index (κ2) is 8.05. The molecule has 1 aromatic heterocycles. The number of hydrogen-bond donors (Lipinski definition) is 1. The van der Waals surface area contributed by atoms with E-state index in [-0.39, 0.29) is 17.2 Å². The van der Waals surface area contributed by atoms with Crippen LogP contribution < -0.4 is 14.8 Å². The van der Waals surface area contributed by atoms with Crippen LogP contribution in [-0.2, 0) is 7.05 Å². The first-order valence-electron chi connectivity index (χ1n) is 8.18. The maximum atomic E-state index is 12.2. The summed E-state index contributed by atoms with van der Waals surface area (Å²) < 4.78 is 46.9. The van der Waals surface area contributed by atoms with Gasteiger partial charge < -0.3 is 14.8 Å². The number of amides is 1. The zero-order valence-electron chi connectivity index (χ0n) is 14.9. The fraction of sp³-hybridized carbons (Fsp3) is 0.105. The second-order valence-corrected chi connectivity index (χ2v) is 5.84. The number of benzene rings is 2. The number of esters is 1. The zero-order valence-corrected chi connectivity index (χ0v) is 14.9. The van der Waals surface area contributed by atoms with Crippen LogP contribution in [0.3, 0.4) is 0 Å². The molecule has 0 aliphatic heterocycles. The van der Waals surface area contributed by atoms with Gasteiger partial charge in [-0.2, -0.15) is 5.10 Å². The third-order valence-corrected chi connectivity index (χ3v) is 3.61. The van der Waals surface area contributed by atoms with E-state index in [0.29, 0.717) is 11.3 Å². The van der Waals surface area contributed by atoms with Gasteiger partial charge in [0.25, 0.3) is 5.91 Å². The van der Waals surface area contributed by atoms with Crippen molar-refractivity contribution < 1.29 is 32.2 Å². The Kier molecular flexibility index (Phi) is 5.53. The lowest BCUT2D eigenvalue weighted by Crippen LogP contribution is -2.17. The van der Waals surface area contributed by atoms with Crippen molar-refractivity contribution in [3.8, 4) is 11.5 Å². The van der Waals surface area contributed by atoms with Crippen LogP contribution in [-0.4, -0.2) is 28.0 Å². The summed E-state index contributed by atoms with van der Waals surface area (Å²) in [5.41, 5.74) is 0.918. The lowest BCUT2D eigenvalue weighted by molar-refractivity contribution is -0.274. The number of ether oxygens (including phenoxy) is 2. The smallest absolute Gasteiger partial charge is 0.423 e. The minimum atomic E-state index is -4.81. The van der Waals surface area contributed by atoms with Crippen LogP contribution in [0.4, 0.5) is 18.9 Å². The van der Waals surface area contributed by atoms with Gasteiger partial charge >= 0.3 is 12.3 Å². The molecule has 0 saturated carbocycles. The third kappa shape index (κ3) is 5.58. The molecule has 29 heavy (non-hydrogen) atoms. The fourth-order valence-electron chi connectivity index (χ4n) is 2.31. The van der Waals surface area contributed by atoms with Crippen LogP contribution >= 0.6 is 0 Å². The van der Waals surface area contributed by atoms with Gasteiger partial charge in [-0.1, -0.05) is 0 Å². The number of nitrogens with one attached hydrogen (secondary N) is 1. The summed E-state index contributed by atoms with van der Waals surface area (Å²) in [6.07, 6.45) is -1.82. The number of hydrogen-bond acceptors (Lipinski definition) is 5. The predicted octanol–water partition coefficient (Wildman–Crippen LogP) is 3.79. The van der Waals surface area contributed by atoms with Crippen molar-refractivity contribution in [3.05, 3.63) is 72.1 Å². The Labute approximate surface area is 162 Å². The molecule has 0 aliphatic carbocycles. The van der Waals surface area contributed by atoms with E-state index in [1.165, 1.54) is 35.1 Å². The van der Waals surface area contributed by atoms with E-state index in [0.717, 1.165) is 24.3 Å². The van der Waals surface area contributed by atoms with Crippen LogP contribution in [0, 0.1) is 0 Å². The fourth-order valence-corrected chi connectivity index (χ4v) is 2.31. The van der Waals surface area contributed by atoms with E-state index in [2.05, 4.69) is 15.2 Å². The highest BCUT2D eigenvalue weighted by atomic mass is 19.4. The van der Waals surface area contributed by atoms with Gasteiger partial charge in [-0.05, 0) is 48.5 Å². The monoisotopic (exact) mass is 405 g/mol. The second-order valence-electron chi connectivity index (χ2n) is 5.84. The van der Waals surface area contributed by atoms with E-state index < -0.39 is 18.1 Å². The van der Waals surface area contributed by atoms with Crippen LogP contribution in [0.2, 0.25) is 0 Å². The summed E-state index contributed by atoms with van der Waals surface area (Å²) in [4.78, 5) is 24.2. The molecule has 0 unspecified atom stereocenters. The van der Waals surface area contributed by atoms with Crippen molar-refractivity contribution in [2.75, 3.05) is 5.32 Å². The minimum absolute atomic E-state index is 0.0495. The van der Waals surface area contributed by atoms with Gasteiger partial charge in [0.1, 0.15) is 11.5 Å². The van der Waals surface area contributed by atoms with Crippen LogP contribution in [0.15, 0.2) is 60.9 Å². The van der Waals surface area contributed by atoms with Gasteiger partial charge in [-0.15, -0.1) is 13.2 Å². The standard InChI is InChI=1S/C19H14F3N3O4/c1-25-11-13(10-23-25)17(26)24-14-4-8-15(9-5-14)28-18(27)12-2-6-16(7-3-12)29-19(20,21)22/h2-11H,1H3,(H,24,26). The Morgan fingerprint density at radius 2 is 1.59 bits per heavy atom. The third-order valence-electron chi connectivity index (χ3n) is 3.61. The number of halogens is 3. The van der Waals surface area contributed by atoms with E-state index in [1.807, 2.05) is 0 Å². The number of nitrogens with zero attached hydrogens (tertiary/aromatic N) is 2. The normalized spacial score (nSPS) is 11.0. The molecule has 0 fully saturated rings. The Hall–Kier alpha value is -3.82. The van der Waals surface area contributed by atoms with E-state index in [1.54, 1.807) is 13.2 Å². The molecule has 3 aromatic rings. The molecule has 2 aromatic carbocycles. The highest BCUT2D eigenvalue weighted by molar-refractivity contribution is 6.04. The van der Waals surface area contributed by atoms with Gasteiger partial charge in [-0.3, -0.25) is 9.48 Å². The molecule has 150 valence electrons. The molecule has 3 rings (SSSR count). The Bertz CT molecular complexity index is 1010. The van der Waals surface area contributed by atoms with Gasteiger partial charge in [0.15, 0.2) is 0 Å². The van der Waals surface area contributed by atoms with Crippen LogP contribution in [0.1, 0.15) is 20.7 Å². The predicted molar refractivity (Wildman–Crippen MR) is 95.7 cm³/mol. The van der Waals surface area contributed by atoms with Gasteiger partial charge in [0.2, 0.25) is 0 Å². The van der Waals surface area contributed by atoms with Crippen molar-refractivity contribution in [2.45, 2.75) is 6.36 Å². The molecule has 10 heteroatoms. The lowest BCUT2D eigenvalue weighted by atomic mass is 10.2. The quantitative estimate of drug-likeness (QED) is 0.516. The van der Waals surface area contributed by atoms with E-state index in [4.69, 9.17) is 4.74 Å². The number of rotatable bonds is 5. The van der Waals surface area contributed by atoms with Gasteiger partial charge in [-0.25, -0.2) is 4.79 Å². The largest absolute Gasteiger partial charge is 0.573 e. The molecule has 0 spiro atoms. The molecular weight excluding hydrogens is 391 g/mol. The van der Waals surface area contributed by atoms with Crippen molar-refractivity contribution in [2.24, 2.45) is 7.05 Å². The molecule has 7 nitrogen and oxygen atoms in total. The number of carbonyl (C=O) groups is 2.